The van der Waals surface area contributed by atoms with E-state index >= 15 is 0 Å². The molecule has 0 spiro atoms. The highest BCUT2D eigenvalue weighted by atomic mass is 32.2. The molecule has 0 radical (unpaired) electrons. The van der Waals surface area contributed by atoms with Gasteiger partial charge in [-0.1, -0.05) is 75.0 Å². The lowest BCUT2D eigenvalue weighted by atomic mass is 10.0. The zero-order valence-electron chi connectivity index (χ0n) is 18.3. The van der Waals surface area contributed by atoms with Crippen LogP contribution >= 0.6 is 11.8 Å². The smallest absolute Gasteiger partial charge is 0.240 e. The number of carbonyl (C=O) groups excluding carboxylic acids is 1. The molecule has 1 aliphatic heterocycles. The van der Waals surface area contributed by atoms with Crippen LogP contribution in [-0.2, 0) is 24.1 Å². The summed E-state index contributed by atoms with van der Waals surface area (Å²) in [4.78, 5) is 13.5. The standard InChI is InChI=1S/C24H29N5OS/c1-4-9-20-26-27-24-29(20)28-21(18-14-12-16(5-2)13-15-18)22(31-24)23(30)25-19-11-8-7-10-17(19)6-3/h7-8,10-15,21-22,28H,4-6,9H2,1-3H3,(H,25,30). The van der Waals surface area contributed by atoms with Crippen molar-refractivity contribution >= 4 is 23.4 Å². The van der Waals surface area contributed by atoms with Crippen LogP contribution in [0.15, 0.2) is 53.7 Å². The van der Waals surface area contributed by atoms with E-state index in [4.69, 9.17) is 0 Å². The molecule has 7 heteroatoms. The quantitative estimate of drug-likeness (QED) is 0.560. The van der Waals surface area contributed by atoms with Crippen LogP contribution in [0.2, 0.25) is 0 Å². The molecule has 0 aliphatic carbocycles. The summed E-state index contributed by atoms with van der Waals surface area (Å²) in [5.74, 6) is 0.865. The van der Waals surface area contributed by atoms with Gasteiger partial charge in [-0.3, -0.25) is 4.79 Å². The molecular weight excluding hydrogens is 406 g/mol. The number of rotatable bonds is 7. The van der Waals surface area contributed by atoms with E-state index in [1.165, 1.54) is 17.3 Å². The summed E-state index contributed by atoms with van der Waals surface area (Å²) < 4.78 is 1.95. The molecule has 0 saturated heterocycles. The van der Waals surface area contributed by atoms with Crippen molar-refractivity contribution < 1.29 is 4.79 Å². The van der Waals surface area contributed by atoms with Crippen LogP contribution in [0.5, 0.6) is 0 Å². The van der Waals surface area contributed by atoms with E-state index in [2.05, 4.69) is 72.0 Å². The number of benzene rings is 2. The van der Waals surface area contributed by atoms with Gasteiger partial charge < -0.3 is 10.7 Å². The Bertz CT molecular complexity index is 1050. The first-order chi connectivity index (χ1) is 15.1. The Morgan fingerprint density at radius 3 is 2.55 bits per heavy atom. The van der Waals surface area contributed by atoms with E-state index in [1.807, 2.05) is 22.9 Å². The molecule has 1 aliphatic rings. The van der Waals surface area contributed by atoms with Crippen LogP contribution in [0.4, 0.5) is 5.69 Å². The molecule has 0 bridgehead atoms. The van der Waals surface area contributed by atoms with Crippen LogP contribution in [0.1, 0.15) is 55.7 Å². The first kappa shape index (κ1) is 21.4. The minimum absolute atomic E-state index is 0.0331. The summed E-state index contributed by atoms with van der Waals surface area (Å²) in [7, 11) is 0. The fourth-order valence-corrected chi connectivity index (χ4v) is 4.95. The normalized spacial score (nSPS) is 17.6. The summed E-state index contributed by atoms with van der Waals surface area (Å²) in [5.41, 5.74) is 7.89. The first-order valence-corrected chi connectivity index (χ1v) is 11.9. The van der Waals surface area contributed by atoms with Gasteiger partial charge in [0.2, 0.25) is 11.1 Å². The topological polar surface area (TPSA) is 71.8 Å². The lowest BCUT2D eigenvalue weighted by Gasteiger charge is -2.33. The largest absolute Gasteiger partial charge is 0.325 e. The number of aryl methyl sites for hydroxylation is 3. The highest BCUT2D eigenvalue weighted by Gasteiger charge is 2.37. The minimum Gasteiger partial charge on any atom is -0.325 e. The molecule has 2 atom stereocenters. The van der Waals surface area contributed by atoms with Crippen molar-refractivity contribution in [2.24, 2.45) is 0 Å². The number of nitrogens with zero attached hydrogens (tertiary/aromatic N) is 3. The van der Waals surface area contributed by atoms with Gasteiger partial charge in [-0.15, -0.1) is 10.2 Å². The molecule has 3 aromatic rings. The van der Waals surface area contributed by atoms with Crippen LogP contribution < -0.4 is 10.7 Å². The molecule has 2 N–H and O–H groups in total. The summed E-state index contributed by atoms with van der Waals surface area (Å²) >= 11 is 1.47. The van der Waals surface area contributed by atoms with Gasteiger partial charge in [0.15, 0.2) is 5.82 Å². The van der Waals surface area contributed by atoms with Crippen molar-refractivity contribution in [3.05, 3.63) is 71.0 Å². The van der Waals surface area contributed by atoms with Crippen LogP contribution in [-0.4, -0.2) is 26.0 Å². The Morgan fingerprint density at radius 1 is 1.06 bits per heavy atom. The number of thioether (sulfide) groups is 1. The van der Waals surface area contributed by atoms with E-state index in [-0.39, 0.29) is 17.2 Å². The predicted molar refractivity (Wildman–Crippen MR) is 126 cm³/mol. The Kier molecular flexibility index (Phi) is 6.61. The minimum atomic E-state index is -0.372. The van der Waals surface area contributed by atoms with Crippen LogP contribution in [0.25, 0.3) is 0 Å². The van der Waals surface area contributed by atoms with Gasteiger partial charge >= 0.3 is 0 Å². The molecule has 0 saturated carbocycles. The molecule has 31 heavy (non-hydrogen) atoms. The maximum absolute atomic E-state index is 13.5. The zero-order valence-corrected chi connectivity index (χ0v) is 19.1. The summed E-state index contributed by atoms with van der Waals surface area (Å²) in [6.07, 6.45) is 3.67. The maximum atomic E-state index is 13.5. The van der Waals surface area contributed by atoms with Gasteiger partial charge in [0.25, 0.3) is 0 Å². The first-order valence-electron chi connectivity index (χ1n) is 11.0. The fourth-order valence-electron chi connectivity index (χ4n) is 3.85. The van der Waals surface area contributed by atoms with Crippen molar-refractivity contribution in [3.8, 4) is 0 Å². The van der Waals surface area contributed by atoms with Gasteiger partial charge in [-0.25, -0.2) is 4.68 Å². The third kappa shape index (κ3) is 4.46. The van der Waals surface area contributed by atoms with Gasteiger partial charge in [-0.2, -0.15) is 0 Å². The molecule has 1 amide bonds. The number of carbonyl (C=O) groups is 1. The SMILES string of the molecule is CCCc1nnc2n1NC(c1ccc(CC)cc1)C(C(=O)Nc1ccccc1CC)S2. The molecule has 0 fully saturated rings. The third-order valence-corrected chi connectivity index (χ3v) is 6.85. The Hall–Kier alpha value is -2.80. The number of anilines is 1. The lowest BCUT2D eigenvalue weighted by molar-refractivity contribution is -0.116. The molecule has 2 heterocycles. The summed E-state index contributed by atoms with van der Waals surface area (Å²) in [6, 6.07) is 16.3. The number of hydrogen-bond acceptors (Lipinski definition) is 5. The second-order valence-electron chi connectivity index (χ2n) is 7.72. The van der Waals surface area contributed by atoms with Crippen molar-refractivity contribution in [3.63, 3.8) is 0 Å². The highest BCUT2D eigenvalue weighted by molar-refractivity contribution is 8.00. The number of fused-ring (bicyclic) bond motifs is 1. The van der Waals surface area contributed by atoms with E-state index < -0.39 is 0 Å². The van der Waals surface area contributed by atoms with Gasteiger partial charge in [0, 0.05) is 12.1 Å². The van der Waals surface area contributed by atoms with Crippen molar-refractivity contribution in [2.75, 3.05) is 10.7 Å². The summed E-state index contributed by atoms with van der Waals surface area (Å²) in [6.45, 7) is 6.36. The van der Waals surface area contributed by atoms with E-state index in [1.54, 1.807) is 0 Å². The Labute approximate surface area is 187 Å². The van der Waals surface area contributed by atoms with Crippen molar-refractivity contribution in [1.29, 1.82) is 0 Å². The monoisotopic (exact) mass is 435 g/mol. The second-order valence-corrected chi connectivity index (χ2v) is 8.83. The highest BCUT2D eigenvalue weighted by Crippen LogP contribution is 2.38. The molecule has 6 nitrogen and oxygen atoms in total. The average Bonchev–Trinajstić information content (AvgIpc) is 3.20. The van der Waals surface area contributed by atoms with Gasteiger partial charge in [-0.05, 0) is 42.0 Å². The van der Waals surface area contributed by atoms with E-state index in [0.717, 1.165) is 53.5 Å². The number of aromatic nitrogens is 3. The predicted octanol–water partition coefficient (Wildman–Crippen LogP) is 4.75. The average molecular weight is 436 g/mol. The fraction of sp³-hybridized carbons (Fsp3) is 0.375. The zero-order chi connectivity index (χ0) is 21.8. The molecule has 162 valence electrons. The van der Waals surface area contributed by atoms with Crippen molar-refractivity contribution in [2.45, 2.75) is 62.9 Å². The maximum Gasteiger partial charge on any atom is 0.240 e. The molecule has 4 rings (SSSR count). The number of para-hydroxylation sites is 1. The molecule has 2 unspecified atom stereocenters. The number of nitrogens with one attached hydrogen (secondary N) is 2. The van der Waals surface area contributed by atoms with Crippen LogP contribution in [0, 0.1) is 0 Å². The van der Waals surface area contributed by atoms with Crippen LogP contribution in [0.3, 0.4) is 0 Å². The third-order valence-electron chi connectivity index (χ3n) is 5.64. The molecule has 2 aromatic carbocycles. The van der Waals surface area contributed by atoms with E-state index in [9.17, 15) is 4.79 Å². The Balaban J connectivity index is 1.67. The number of amides is 1. The van der Waals surface area contributed by atoms with Crippen molar-refractivity contribution in [1.82, 2.24) is 14.9 Å². The Morgan fingerprint density at radius 2 is 1.84 bits per heavy atom. The molecular formula is C24H29N5OS. The molecule has 1 aromatic heterocycles. The number of hydrogen-bond donors (Lipinski definition) is 2. The summed E-state index contributed by atoms with van der Waals surface area (Å²) in [5, 5.41) is 12.2. The van der Waals surface area contributed by atoms with Gasteiger partial charge in [0.05, 0.1) is 6.04 Å². The van der Waals surface area contributed by atoms with E-state index in [0.29, 0.717) is 0 Å². The van der Waals surface area contributed by atoms with Gasteiger partial charge in [0.1, 0.15) is 5.25 Å². The second kappa shape index (κ2) is 9.56. The lowest BCUT2D eigenvalue weighted by Crippen LogP contribution is -2.41.